The molecule has 0 radical (unpaired) electrons. The van der Waals surface area contributed by atoms with Crippen molar-refractivity contribution in [1.29, 1.82) is 0 Å². The molecule has 39 heavy (non-hydrogen) atoms. The van der Waals surface area contributed by atoms with Gasteiger partial charge in [0.05, 0.1) is 25.8 Å². The molecule has 4 rings (SSSR count). The Bertz CT molecular complexity index is 1130. The zero-order chi connectivity index (χ0) is 27.9. The number of amides is 1. The standard InChI is InChI=1S/C28H39N3O8/c1-4-5-9-30(10-6-11-32)25(33)16-31-15-20(19-12-22(36-3)27-23(13-19)37-17-38-27)26(28(34)35)21(31)7-8-24-29-14-18(2)39-24/h12-14,20-21,26,32H,4-11,15-17H2,1-3H3,(H,34,35)/t20-,21+,26?/m1/s1. The number of carboxylic acids is 1. The molecule has 214 valence electrons. The fourth-order valence-electron chi connectivity index (χ4n) is 5.59. The summed E-state index contributed by atoms with van der Waals surface area (Å²) in [6.45, 7) is 5.50. The molecule has 1 fully saturated rings. The number of carboxylic acid groups (broad SMARTS) is 1. The number of aromatic nitrogens is 1. The third-order valence-electron chi connectivity index (χ3n) is 7.52. The number of likely N-dealkylation sites (tertiary alicyclic amines) is 1. The smallest absolute Gasteiger partial charge is 0.308 e. The molecule has 2 N–H and O–H groups in total. The van der Waals surface area contributed by atoms with Gasteiger partial charge in [0.2, 0.25) is 18.4 Å². The topological polar surface area (TPSA) is 135 Å². The summed E-state index contributed by atoms with van der Waals surface area (Å²) in [6.07, 6.45) is 4.87. The Morgan fingerprint density at radius 2 is 2.03 bits per heavy atom. The number of ether oxygens (including phenoxy) is 3. The number of nitrogens with zero attached hydrogens (tertiary/aromatic N) is 3. The molecule has 0 aliphatic carbocycles. The van der Waals surface area contributed by atoms with Gasteiger partial charge in [0.1, 0.15) is 5.76 Å². The van der Waals surface area contributed by atoms with Crippen molar-refractivity contribution in [1.82, 2.24) is 14.8 Å². The second-order valence-corrected chi connectivity index (χ2v) is 10.1. The van der Waals surface area contributed by atoms with Crippen LogP contribution >= 0.6 is 0 Å². The van der Waals surface area contributed by atoms with Crippen molar-refractivity contribution in [2.45, 2.75) is 57.9 Å². The first-order valence-corrected chi connectivity index (χ1v) is 13.6. The molecule has 0 bridgehead atoms. The van der Waals surface area contributed by atoms with Gasteiger partial charge in [0.25, 0.3) is 0 Å². The maximum Gasteiger partial charge on any atom is 0.308 e. The van der Waals surface area contributed by atoms with Gasteiger partial charge < -0.3 is 33.7 Å². The van der Waals surface area contributed by atoms with Gasteiger partial charge in [-0.25, -0.2) is 4.98 Å². The van der Waals surface area contributed by atoms with Crippen LogP contribution in [0.15, 0.2) is 22.7 Å². The summed E-state index contributed by atoms with van der Waals surface area (Å²) < 4.78 is 22.3. The van der Waals surface area contributed by atoms with Gasteiger partial charge in [-0.2, -0.15) is 0 Å². The van der Waals surface area contributed by atoms with E-state index in [1.54, 1.807) is 11.1 Å². The number of oxazole rings is 1. The molecule has 11 nitrogen and oxygen atoms in total. The molecule has 1 aromatic carbocycles. The number of aryl methyl sites for hydroxylation is 2. The van der Waals surface area contributed by atoms with Gasteiger partial charge in [-0.3, -0.25) is 14.5 Å². The van der Waals surface area contributed by atoms with Gasteiger partial charge in [-0.05, 0) is 43.9 Å². The van der Waals surface area contributed by atoms with Crippen molar-refractivity contribution >= 4 is 11.9 Å². The van der Waals surface area contributed by atoms with Crippen LogP contribution in [0, 0.1) is 12.8 Å². The van der Waals surface area contributed by atoms with Crippen LogP contribution in [0.2, 0.25) is 0 Å². The van der Waals surface area contributed by atoms with Crippen LogP contribution in [0.25, 0.3) is 0 Å². The average molecular weight is 546 g/mol. The molecule has 2 aliphatic heterocycles. The highest BCUT2D eigenvalue weighted by molar-refractivity contribution is 5.79. The zero-order valence-electron chi connectivity index (χ0n) is 22.9. The van der Waals surface area contributed by atoms with Gasteiger partial charge >= 0.3 is 5.97 Å². The number of hydrogen-bond acceptors (Lipinski definition) is 9. The Morgan fingerprint density at radius 3 is 2.69 bits per heavy atom. The number of fused-ring (bicyclic) bond motifs is 1. The van der Waals surface area contributed by atoms with E-state index in [9.17, 15) is 19.8 Å². The number of carbonyl (C=O) groups excluding carboxylic acids is 1. The minimum atomic E-state index is -0.928. The molecule has 1 amide bonds. The van der Waals surface area contributed by atoms with E-state index in [-0.39, 0.29) is 25.9 Å². The second-order valence-electron chi connectivity index (χ2n) is 10.1. The van der Waals surface area contributed by atoms with Crippen LogP contribution in [-0.4, -0.2) is 89.6 Å². The van der Waals surface area contributed by atoms with E-state index in [0.717, 1.165) is 18.4 Å². The van der Waals surface area contributed by atoms with Crippen molar-refractivity contribution in [3.8, 4) is 17.2 Å². The highest BCUT2D eigenvalue weighted by Gasteiger charge is 2.47. The van der Waals surface area contributed by atoms with Gasteiger partial charge in [-0.1, -0.05) is 13.3 Å². The molecular formula is C28H39N3O8. The lowest BCUT2D eigenvalue weighted by Crippen LogP contribution is -2.45. The monoisotopic (exact) mass is 545 g/mol. The van der Waals surface area contributed by atoms with Crippen molar-refractivity contribution in [3.05, 3.63) is 35.5 Å². The first-order chi connectivity index (χ1) is 18.9. The second kappa shape index (κ2) is 13.2. The van der Waals surface area contributed by atoms with Crippen LogP contribution < -0.4 is 14.2 Å². The summed E-state index contributed by atoms with van der Waals surface area (Å²) in [5.74, 6) is 0.569. The average Bonchev–Trinajstić information content (AvgIpc) is 3.65. The predicted molar refractivity (Wildman–Crippen MR) is 141 cm³/mol. The summed E-state index contributed by atoms with van der Waals surface area (Å²) in [5, 5.41) is 19.8. The Labute approximate surface area is 228 Å². The lowest BCUT2D eigenvalue weighted by Gasteiger charge is -2.29. The minimum absolute atomic E-state index is 0.00686. The van der Waals surface area contributed by atoms with Crippen LogP contribution in [0.1, 0.15) is 55.7 Å². The van der Waals surface area contributed by atoms with E-state index in [2.05, 4.69) is 11.9 Å². The molecule has 0 saturated carbocycles. The number of carbonyl (C=O) groups is 2. The largest absolute Gasteiger partial charge is 0.493 e. The summed E-state index contributed by atoms with van der Waals surface area (Å²) >= 11 is 0. The Kier molecular flexibility index (Phi) is 9.68. The molecule has 1 aromatic heterocycles. The first-order valence-electron chi connectivity index (χ1n) is 13.6. The Hall–Kier alpha value is -3.31. The SMILES string of the molecule is CCCCN(CCCO)C(=O)CN1C[C@H](c2cc(OC)c3c(c2)OCO3)C(C(=O)O)[C@@H]1CCc1ncc(C)o1. The highest BCUT2D eigenvalue weighted by Crippen LogP contribution is 2.47. The van der Waals surface area contributed by atoms with Crippen LogP contribution in [0.5, 0.6) is 17.2 Å². The highest BCUT2D eigenvalue weighted by atomic mass is 16.7. The number of aliphatic hydroxyl groups excluding tert-OH is 1. The minimum Gasteiger partial charge on any atom is -0.493 e. The van der Waals surface area contributed by atoms with E-state index in [4.69, 9.17) is 18.6 Å². The number of aliphatic carboxylic acids is 1. The van der Waals surface area contributed by atoms with E-state index in [1.807, 2.05) is 24.0 Å². The summed E-state index contributed by atoms with van der Waals surface area (Å²) in [4.78, 5) is 34.3. The van der Waals surface area contributed by atoms with Gasteiger partial charge in [-0.15, -0.1) is 0 Å². The molecule has 1 saturated heterocycles. The maximum atomic E-state index is 13.5. The fraction of sp³-hybridized carbons (Fsp3) is 0.607. The molecule has 2 aliphatic rings. The molecular weight excluding hydrogens is 506 g/mol. The van der Waals surface area contributed by atoms with Crippen LogP contribution in [0.3, 0.4) is 0 Å². The molecule has 2 aromatic rings. The number of benzene rings is 1. The number of hydrogen-bond donors (Lipinski definition) is 2. The number of unbranched alkanes of at least 4 members (excludes halogenated alkanes) is 1. The van der Waals surface area contributed by atoms with E-state index in [1.165, 1.54) is 7.11 Å². The summed E-state index contributed by atoms with van der Waals surface area (Å²) in [7, 11) is 1.54. The molecule has 3 heterocycles. The van der Waals surface area contributed by atoms with Gasteiger partial charge in [0.15, 0.2) is 17.4 Å². The lowest BCUT2D eigenvalue weighted by molar-refractivity contribution is -0.144. The molecule has 1 unspecified atom stereocenters. The Morgan fingerprint density at radius 1 is 1.23 bits per heavy atom. The van der Waals surface area contributed by atoms with Crippen molar-refractivity contribution in [3.63, 3.8) is 0 Å². The zero-order valence-corrected chi connectivity index (χ0v) is 22.9. The van der Waals surface area contributed by atoms with Crippen LogP contribution in [-0.2, 0) is 16.0 Å². The third-order valence-corrected chi connectivity index (χ3v) is 7.52. The predicted octanol–water partition coefficient (Wildman–Crippen LogP) is 2.83. The number of methoxy groups -OCH3 is 1. The third kappa shape index (κ3) is 6.65. The van der Waals surface area contributed by atoms with Gasteiger partial charge in [0, 0.05) is 44.6 Å². The van der Waals surface area contributed by atoms with Crippen molar-refractivity contribution < 1.29 is 38.4 Å². The summed E-state index contributed by atoms with van der Waals surface area (Å²) in [6, 6.07) is 3.20. The maximum absolute atomic E-state index is 13.5. The molecule has 3 atom stereocenters. The van der Waals surface area contributed by atoms with Crippen LogP contribution in [0.4, 0.5) is 0 Å². The quantitative estimate of drug-likeness (QED) is 0.365. The molecule has 0 spiro atoms. The normalized spacial score (nSPS) is 20.4. The molecule has 11 heteroatoms. The van der Waals surface area contributed by atoms with E-state index < -0.39 is 23.8 Å². The van der Waals surface area contributed by atoms with E-state index >= 15 is 0 Å². The van der Waals surface area contributed by atoms with E-state index in [0.29, 0.717) is 67.8 Å². The Balaban J connectivity index is 1.63. The fourth-order valence-corrected chi connectivity index (χ4v) is 5.59. The lowest BCUT2D eigenvalue weighted by atomic mass is 9.83. The summed E-state index contributed by atoms with van der Waals surface area (Å²) in [5.41, 5.74) is 0.763. The van der Waals surface area contributed by atoms with Crippen molar-refractivity contribution in [2.75, 3.05) is 46.7 Å². The first kappa shape index (κ1) is 28.7. The number of rotatable bonds is 14. The van der Waals surface area contributed by atoms with Crippen molar-refractivity contribution in [2.24, 2.45) is 5.92 Å². The number of aliphatic hydroxyl groups is 1.